The molecule has 1 aliphatic carbocycles. The molecule has 1 saturated carbocycles. The van der Waals surface area contributed by atoms with Crippen LogP contribution in [0, 0.1) is 5.92 Å². The summed E-state index contributed by atoms with van der Waals surface area (Å²) in [5, 5.41) is 8.82. The van der Waals surface area contributed by atoms with Gasteiger partial charge in [-0.05, 0) is 25.7 Å². The van der Waals surface area contributed by atoms with Gasteiger partial charge in [0.15, 0.2) is 0 Å². The Morgan fingerprint density at radius 3 is 2.65 bits per heavy atom. The predicted octanol–water partition coefficient (Wildman–Crippen LogP) is 1.49. The van der Waals surface area contributed by atoms with Crippen molar-refractivity contribution < 1.29 is 14.6 Å². The van der Waals surface area contributed by atoms with Gasteiger partial charge < -0.3 is 9.84 Å². The third kappa shape index (κ3) is 2.20. The van der Waals surface area contributed by atoms with Crippen molar-refractivity contribution >= 4 is 5.97 Å². The zero-order chi connectivity index (χ0) is 11.9. The molecule has 3 aliphatic rings. The third-order valence-corrected chi connectivity index (χ3v) is 4.62. The fourth-order valence-electron chi connectivity index (χ4n) is 3.57. The van der Waals surface area contributed by atoms with Gasteiger partial charge in [-0.3, -0.25) is 9.69 Å². The van der Waals surface area contributed by atoms with Crippen LogP contribution in [0.15, 0.2) is 0 Å². The molecular formula is C13H21NO3. The maximum Gasteiger partial charge on any atom is 0.309 e. The SMILES string of the molecule is O=C(O)C1CN(CC2CCC3(CCCC3)O2)C1. The number of ether oxygens (including phenoxy) is 1. The van der Waals surface area contributed by atoms with Crippen molar-refractivity contribution in [1.29, 1.82) is 0 Å². The molecule has 1 spiro atoms. The monoisotopic (exact) mass is 239 g/mol. The van der Waals surface area contributed by atoms with E-state index < -0.39 is 5.97 Å². The lowest BCUT2D eigenvalue weighted by Crippen LogP contribution is -2.52. The summed E-state index contributed by atoms with van der Waals surface area (Å²) in [7, 11) is 0. The van der Waals surface area contributed by atoms with Crippen molar-refractivity contribution in [3.05, 3.63) is 0 Å². The first-order chi connectivity index (χ1) is 8.17. The predicted molar refractivity (Wildman–Crippen MR) is 62.9 cm³/mol. The smallest absolute Gasteiger partial charge is 0.309 e. The van der Waals surface area contributed by atoms with Crippen molar-refractivity contribution in [3.63, 3.8) is 0 Å². The molecule has 3 fully saturated rings. The average molecular weight is 239 g/mol. The Balaban J connectivity index is 1.44. The van der Waals surface area contributed by atoms with Gasteiger partial charge in [0.25, 0.3) is 0 Å². The lowest BCUT2D eigenvalue weighted by atomic mass is 9.97. The largest absolute Gasteiger partial charge is 0.481 e. The van der Waals surface area contributed by atoms with Gasteiger partial charge in [0.2, 0.25) is 0 Å². The molecule has 2 saturated heterocycles. The van der Waals surface area contributed by atoms with Crippen LogP contribution in [0.1, 0.15) is 38.5 Å². The number of likely N-dealkylation sites (tertiary alicyclic amines) is 1. The first-order valence-corrected chi connectivity index (χ1v) is 6.80. The van der Waals surface area contributed by atoms with Crippen LogP contribution in [0.25, 0.3) is 0 Å². The minimum atomic E-state index is -0.652. The lowest BCUT2D eigenvalue weighted by Gasteiger charge is -2.38. The topological polar surface area (TPSA) is 49.8 Å². The summed E-state index contributed by atoms with van der Waals surface area (Å²) in [4.78, 5) is 12.9. The Morgan fingerprint density at radius 1 is 1.29 bits per heavy atom. The summed E-state index contributed by atoms with van der Waals surface area (Å²) in [5.41, 5.74) is 0.210. The Kier molecular flexibility index (Phi) is 2.87. The Labute approximate surface area is 102 Å². The molecule has 1 unspecified atom stereocenters. The summed E-state index contributed by atoms with van der Waals surface area (Å²) in [6.45, 7) is 2.36. The van der Waals surface area contributed by atoms with Crippen LogP contribution < -0.4 is 0 Å². The van der Waals surface area contributed by atoms with Gasteiger partial charge in [-0.1, -0.05) is 12.8 Å². The number of carbonyl (C=O) groups is 1. The van der Waals surface area contributed by atoms with Gasteiger partial charge in [-0.15, -0.1) is 0 Å². The Morgan fingerprint density at radius 2 is 2.00 bits per heavy atom. The van der Waals surface area contributed by atoms with Crippen LogP contribution in [0.2, 0.25) is 0 Å². The van der Waals surface area contributed by atoms with Gasteiger partial charge in [0, 0.05) is 19.6 Å². The molecule has 96 valence electrons. The van der Waals surface area contributed by atoms with Crippen LogP contribution in [-0.4, -0.2) is 47.3 Å². The van der Waals surface area contributed by atoms with E-state index in [4.69, 9.17) is 9.84 Å². The summed E-state index contributed by atoms with van der Waals surface area (Å²) >= 11 is 0. The van der Waals surface area contributed by atoms with E-state index in [0.717, 1.165) is 13.0 Å². The van der Waals surface area contributed by atoms with Gasteiger partial charge in [-0.25, -0.2) is 0 Å². The second-order valence-corrected chi connectivity index (χ2v) is 5.92. The van der Waals surface area contributed by atoms with E-state index in [0.29, 0.717) is 19.2 Å². The number of carboxylic acids is 1. The van der Waals surface area contributed by atoms with E-state index in [-0.39, 0.29) is 11.5 Å². The molecule has 2 heterocycles. The second-order valence-electron chi connectivity index (χ2n) is 5.92. The number of aliphatic carboxylic acids is 1. The van der Waals surface area contributed by atoms with Crippen LogP contribution in [0.4, 0.5) is 0 Å². The van der Waals surface area contributed by atoms with Crippen LogP contribution in [0.3, 0.4) is 0 Å². The molecule has 0 aromatic heterocycles. The minimum Gasteiger partial charge on any atom is -0.481 e. The fraction of sp³-hybridized carbons (Fsp3) is 0.923. The normalized spacial score (nSPS) is 33.1. The highest BCUT2D eigenvalue weighted by Gasteiger charge is 2.43. The number of hydrogen-bond donors (Lipinski definition) is 1. The summed E-state index contributed by atoms with van der Waals surface area (Å²) in [5.74, 6) is -0.794. The van der Waals surface area contributed by atoms with E-state index in [1.54, 1.807) is 0 Å². The summed E-state index contributed by atoms with van der Waals surface area (Å²) in [6, 6.07) is 0. The molecule has 2 aliphatic heterocycles. The molecule has 0 aromatic carbocycles. The van der Waals surface area contributed by atoms with Gasteiger partial charge >= 0.3 is 5.97 Å². The van der Waals surface area contributed by atoms with Crippen molar-refractivity contribution in [2.24, 2.45) is 5.92 Å². The maximum absolute atomic E-state index is 10.7. The molecule has 0 bridgehead atoms. The minimum absolute atomic E-state index is 0.142. The fourth-order valence-corrected chi connectivity index (χ4v) is 3.57. The molecule has 3 rings (SSSR count). The van der Waals surface area contributed by atoms with Crippen molar-refractivity contribution in [2.75, 3.05) is 19.6 Å². The molecular weight excluding hydrogens is 218 g/mol. The van der Waals surface area contributed by atoms with Crippen LogP contribution in [0.5, 0.6) is 0 Å². The zero-order valence-corrected chi connectivity index (χ0v) is 10.2. The molecule has 0 amide bonds. The van der Waals surface area contributed by atoms with E-state index >= 15 is 0 Å². The second kappa shape index (κ2) is 4.25. The highest BCUT2D eigenvalue weighted by atomic mass is 16.5. The molecule has 4 nitrogen and oxygen atoms in total. The van der Waals surface area contributed by atoms with Crippen LogP contribution >= 0.6 is 0 Å². The molecule has 1 atom stereocenters. The molecule has 1 N–H and O–H groups in total. The number of nitrogens with zero attached hydrogens (tertiary/aromatic N) is 1. The van der Waals surface area contributed by atoms with Gasteiger partial charge in [0.05, 0.1) is 17.6 Å². The Bertz CT molecular complexity index is 306. The first-order valence-electron chi connectivity index (χ1n) is 6.80. The number of carboxylic acid groups (broad SMARTS) is 1. The standard InChI is InChI=1S/C13H21NO3/c15-12(16)10-7-14(8-10)9-11-3-6-13(17-11)4-1-2-5-13/h10-11H,1-9H2,(H,15,16). The third-order valence-electron chi connectivity index (χ3n) is 4.62. The van der Waals surface area contributed by atoms with E-state index in [9.17, 15) is 4.79 Å². The van der Waals surface area contributed by atoms with Gasteiger partial charge in [0.1, 0.15) is 0 Å². The first kappa shape index (κ1) is 11.5. The summed E-state index contributed by atoms with van der Waals surface area (Å²) < 4.78 is 6.22. The van der Waals surface area contributed by atoms with Crippen molar-refractivity contribution in [3.8, 4) is 0 Å². The average Bonchev–Trinajstić information content (AvgIpc) is 2.83. The quantitative estimate of drug-likeness (QED) is 0.810. The zero-order valence-electron chi connectivity index (χ0n) is 10.2. The van der Waals surface area contributed by atoms with Crippen molar-refractivity contribution in [1.82, 2.24) is 4.90 Å². The highest BCUT2D eigenvalue weighted by Crippen LogP contribution is 2.43. The molecule has 4 heteroatoms. The van der Waals surface area contributed by atoms with Crippen molar-refractivity contribution in [2.45, 2.75) is 50.2 Å². The molecule has 0 aromatic rings. The Hall–Kier alpha value is -0.610. The maximum atomic E-state index is 10.7. The molecule has 0 radical (unpaired) electrons. The van der Waals surface area contributed by atoms with E-state index in [1.807, 2.05) is 0 Å². The molecule has 17 heavy (non-hydrogen) atoms. The number of hydrogen-bond acceptors (Lipinski definition) is 3. The van der Waals surface area contributed by atoms with Crippen LogP contribution in [-0.2, 0) is 9.53 Å². The highest BCUT2D eigenvalue weighted by molar-refractivity contribution is 5.71. The van der Waals surface area contributed by atoms with Gasteiger partial charge in [-0.2, -0.15) is 0 Å². The lowest BCUT2D eigenvalue weighted by molar-refractivity contribution is -0.148. The van der Waals surface area contributed by atoms with E-state index in [2.05, 4.69) is 4.90 Å². The number of rotatable bonds is 3. The summed E-state index contributed by atoms with van der Waals surface area (Å²) in [6.07, 6.45) is 7.84. The van der Waals surface area contributed by atoms with E-state index in [1.165, 1.54) is 32.1 Å².